The highest BCUT2D eigenvalue weighted by molar-refractivity contribution is 5.80. The molecule has 0 radical (unpaired) electrons. The number of carbonyl (C=O) groups excluding carboxylic acids is 2. The molecule has 2 rings (SSSR count). The van der Waals surface area contributed by atoms with Crippen molar-refractivity contribution in [3.63, 3.8) is 0 Å². The summed E-state index contributed by atoms with van der Waals surface area (Å²) in [5.41, 5.74) is 1.64. The van der Waals surface area contributed by atoms with E-state index < -0.39 is 24.2 Å². The van der Waals surface area contributed by atoms with Gasteiger partial charge < -0.3 is 30.0 Å². The number of aliphatic carboxylic acids is 1. The van der Waals surface area contributed by atoms with Crippen LogP contribution in [0.4, 0.5) is 9.59 Å². The molecule has 2 amide bonds. The first-order chi connectivity index (χ1) is 14.5. The van der Waals surface area contributed by atoms with Crippen LogP contribution in [-0.4, -0.2) is 49.1 Å². The van der Waals surface area contributed by atoms with Crippen molar-refractivity contribution in [1.29, 1.82) is 0 Å². The summed E-state index contributed by atoms with van der Waals surface area (Å²) in [4.78, 5) is 34.6. The minimum atomic E-state index is -1.28. The van der Waals surface area contributed by atoms with Gasteiger partial charge in [0.05, 0.1) is 13.2 Å². The summed E-state index contributed by atoms with van der Waals surface area (Å²) >= 11 is 0. The Hall–Kier alpha value is -3.59. The SMILES string of the molecule is O=C(NCCOC[C@H](NC(=O)OCc1ccccc1)C(=O)O)OCc1ccccc1. The van der Waals surface area contributed by atoms with Gasteiger partial charge in [0.15, 0.2) is 6.04 Å². The third kappa shape index (κ3) is 9.07. The molecule has 0 bridgehead atoms. The number of ether oxygens (including phenoxy) is 3. The van der Waals surface area contributed by atoms with E-state index in [1.54, 1.807) is 24.3 Å². The highest BCUT2D eigenvalue weighted by Gasteiger charge is 2.21. The van der Waals surface area contributed by atoms with Crippen LogP contribution in [0.5, 0.6) is 0 Å². The van der Waals surface area contributed by atoms with Crippen molar-refractivity contribution in [1.82, 2.24) is 10.6 Å². The zero-order chi connectivity index (χ0) is 21.6. The van der Waals surface area contributed by atoms with Crippen LogP contribution in [0.2, 0.25) is 0 Å². The third-order valence-corrected chi connectivity index (χ3v) is 3.82. The molecule has 0 aliphatic heterocycles. The molecule has 0 saturated heterocycles. The van der Waals surface area contributed by atoms with Crippen LogP contribution in [0.15, 0.2) is 60.7 Å². The standard InChI is InChI=1S/C21H24N2O7/c24-19(25)18(23-21(27)30-14-17-9-5-2-6-10-17)15-28-12-11-22-20(26)29-13-16-7-3-1-4-8-16/h1-10,18H,11-15H2,(H,22,26)(H,23,27)(H,24,25)/t18-/m0/s1. The molecule has 2 aromatic rings. The summed E-state index contributed by atoms with van der Waals surface area (Å²) < 4.78 is 15.2. The fraction of sp³-hybridized carbons (Fsp3) is 0.286. The van der Waals surface area contributed by atoms with E-state index in [0.29, 0.717) is 0 Å². The quantitative estimate of drug-likeness (QED) is 0.480. The van der Waals surface area contributed by atoms with E-state index in [4.69, 9.17) is 14.2 Å². The molecule has 1 atom stereocenters. The van der Waals surface area contributed by atoms with Gasteiger partial charge in [0.2, 0.25) is 0 Å². The molecule has 9 heteroatoms. The van der Waals surface area contributed by atoms with Crippen LogP contribution in [0.1, 0.15) is 11.1 Å². The number of nitrogens with one attached hydrogen (secondary N) is 2. The van der Waals surface area contributed by atoms with Crippen LogP contribution in [0.3, 0.4) is 0 Å². The van der Waals surface area contributed by atoms with E-state index in [1.807, 2.05) is 36.4 Å². The lowest BCUT2D eigenvalue weighted by Gasteiger charge is -2.15. The normalized spacial score (nSPS) is 11.2. The summed E-state index contributed by atoms with van der Waals surface area (Å²) in [6, 6.07) is 16.9. The van der Waals surface area contributed by atoms with E-state index in [2.05, 4.69) is 10.6 Å². The summed E-state index contributed by atoms with van der Waals surface area (Å²) in [5, 5.41) is 13.9. The Morgan fingerprint density at radius 1 is 0.833 bits per heavy atom. The molecule has 0 aliphatic rings. The van der Waals surface area contributed by atoms with Gasteiger partial charge in [-0.1, -0.05) is 60.7 Å². The monoisotopic (exact) mass is 416 g/mol. The summed E-state index contributed by atoms with van der Waals surface area (Å²) in [6.45, 7) is 0.0540. The second-order valence-electron chi connectivity index (χ2n) is 6.16. The van der Waals surface area contributed by atoms with Gasteiger partial charge in [0.1, 0.15) is 13.2 Å². The molecule has 0 saturated carbocycles. The van der Waals surface area contributed by atoms with Crippen molar-refractivity contribution in [3.8, 4) is 0 Å². The molecule has 2 aromatic carbocycles. The Morgan fingerprint density at radius 3 is 1.90 bits per heavy atom. The van der Waals surface area contributed by atoms with Gasteiger partial charge in [0, 0.05) is 6.54 Å². The maximum absolute atomic E-state index is 11.8. The molecule has 0 unspecified atom stereocenters. The number of hydrogen-bond donors (Lipinski definition) is 3. The van der Waals surface area contributed by atoms with Gasteiger partial charge >= 0.3 is 18.2 Å². The molecular formula is C21H24N2O7. The van der Waals surface area contributed by atoms with Crippen molar-refractivity contribution in [3.05, 3.63) is 71.8 Å². The van der Waals surface area contributed by atoms with Crippen LogP contribution < -0.4 is 10.6 Å². The average molecular weight is 416 g/mol. The molecule has 160 valence electrons. The smallest absolute Gasteiger partial charge is 0.408 e. The fourth-order valence-electron chi connectivity index (χ4n) is 2.28. The number of rotatable bonds is 11. The minimum Gasteiger partial charge on any atom is -0.480 e. The van der Waals surface area contributed by atoms with Crippen molar-refractivity contribution in [2.75, 3.05) is 19.8 Å². The van der Waals surface area contributed by atoms with Crippen LogP contribution in [-0.2, 0) is 32.2 Å². The molecule has 9 nitrogen and oxygen atoms in total. The Balaban J connectivity index is 1.59. The molecule has 0 heterocycles. The zero-order valence-electron chi connectivity index (χ0n) is 16.3. The number of amides is 2. The predicted molar refractivity (Wildman–Crippen MR) is 107 cm³/mol. The van der Waals surface area contributed by atoms with E-state index in [0.717, 1.165) is 11.1 Å². The Kier molecular flexibility index (Phi) is 9.67. The molecular weight excluding hydrogens is 392 g/mol. The molecule has 0 spiro atoms. The molecule has 0 fully saturated rings. The number of carboxylic acids is 1. The summed E-state index contributed by atoms with van der Waals surface area (Å²) in [7, 11) is 0. The Bertz CT molecular complexity index is 800. The summed E-state index contributed by atoms with van der Waals surface area (Å²) in [6.07, 6.45) is -1.47. The van der Waals surface area contributed by atoms with E-state index in [9.17, 15) is 19.5 Å². The van der Waals surface area contributed by atoms with Crippen molar-refractivity contribution in [2.45, 2.75) is 19.3 Å². The van der Waals surface area contributed by atoms with Crippen LogP contribution in [0.25, 0.3) is 0 Å². The fourth-order valence-corrected chi connectivity index (χ4v) is 2.28. The Labute approximate surface area is 173 Å². The van der Waals surface area contributed by atoms with Gasteiger partial charge in [-0.05, 0) is 11.1 Å². The maximum Gasteiger partial charge on any atom is 0.408 e. The second-order valence-corrected chi connectivity index (χ2v) is 6.16. The number of carbonyl (C=O) groups is 3. The van der Waals surface area contributed by atoms with Crippen molar-refractivity contribution < 1.29 is 33.7 Å². The van der Waals surface area contributed by atoms with Gasteiger partial charge in [-0.2, -0.15) is 0 Å². The van der Waals surface area contributed by atoms with Crippen LogP contribution in [0, 0.1) is 0 Å². The number of hydrogen-bond acceptors (Lipinski definition) is 6. The van der Waals surface area contributed by atoms with Gasteiger partial charge in [-0.25, -0.2) is 14.4 Å². The van der Waals surface area contributed by atoms with E-state index in [1.165, 1.54) is 0 Å². The topological polar surface area (TPSA) is 123 Å². The highest BCUT2D eigenvalue weighted by Crippen LogP contribution is 2.01. The van der Waals surface area contributed by atoms with Gasteiger partial charge in [-0.15, -0.1) is 0 Å². The molecule has 0 aliphatic carbocycles. The van der Waals surface area contributed by atoms with Crippen LogP contribution >= 0.6 is 0 Å². The lowest BCUT2D eigenvalue weighted by atomic mass is 10.2. The Morgan fingerprint density at radius 2 is 1.37 bits per heavy atom. The lowest BCUT2D eigenvalue weighted by molar-refractivity contribution is -0.141. The molecule has 0 aromatic heterocycles. The first-order valence-corrected chi connectivity index (χ1v) is 9.27. The molecule has 3 N–H and O–H groups in total. The van der Waals surface area contributed by atoms with Crippen molar-refractivity contribution in [2.24, 2.45) is 0 Å². The first kappa shape index (κ1) is 22.7. The number of benzene rings is 2. The van der Waals surface area contributed by atoms with E-state index in [-0.39, 0.29) is 33.0 Å². The number of alkyl carbamates (subject to hydrolysis) is 2. The van der Waals surface area contributed by atoms with Gasteiger partial charge in [0.25, 0.3) is 0 Å². The average Bonchev–Trinajstić information content (AvgIpc) is 2.76. The van der Waals surface area contributed by atoms with Crippen molar-refractivity contribution >= 4 is 18.2 Å². The molecule has 30 heavy (non-hydrogen) atoms. The predicted octanol–water partition coefficient (Wildman–Crippen LogP) is 2.31. The van der Waals surface area contributed by atoms with Gasteiger partial charge in [-0.3, -0.25) is 0 Å². The number of carboxylic acid groups (broad SMARTS) is 1. The lowest BCUT2D eigenvalue weighted by Crippen LogP contribution is -2.44. The third-order valence-electron chi connectivity index (χ3n) is 3.82. The largest absolute Gasteiger partial charge is 0.480 e. The maximum atomic E-state index is 11.8. The van der Waals surface area contributed by atoms with E-state index >= 15 is 0 Å². The minimum absolute atomic E-state index is 0.0227. The second kappa shape index (κ2) is 12.8. The zero-order valence-corrected chi connectivity index (χ0v) is 16.3. The highest BCUT2D eigenvalue weighted by atomic mass is 16.6. The first-order valence-electron chi connectivity index (χ1n) is 9.27. The summed E-state index contributed by atoms with van der Waals surface area (Å²) in [5.74, 6) is -1.26.